The summed E-state index contributed by atoms with van der Waals surface area (Å²) in [6.45, 7) is 0.667. The van der Waals surface area contributed by atoms with Crippen LogP contribution >= 0.6 is 0 Å². The number of halogens is 1. The van der Waals surface area contributed by atoms with Crippen molar-refractivity contribution in [1.29, 1.82) is 0 Å². The van der Waals surface area contributed by atoms with E-state index in [1.54, 1.807) is 6.07 Å². The second kappa shape index (κ2) is 8.45. The molecule has 2 rings (SSSR count). The van der Waals surface area contributed by atoms with Gasteiger partial charge in [-0.2, -0.15) is 0 Å². The number of carbonyl (C=O) groups is 2. The Morgan fingerprint density at radius 1 is 1.31 bits per heavy atom. The Bertz CT molecular complexity index is 763. The van der Waals surface area contributed by atoms with Gasteiger partial charge in [-0.25, -0.2) is 21.9 Å². The summed E-state index contributed by atoms with van der Waals surface area (Å²) in [5.41, 5.74) is 5.30. The Morgan fingerprint density at radius 2 is 1.92 bits per heavy atom. The van der Waals surface area contributed by atoms with E-state index in [-0.39, 0.29) is 23.9 Å². The van der Waals surface area contributed by atoms with Gasteiger partial charge in [-0.05, 0) is 18.9 Å². The molecule has 0 spiro atoms. The number of hydrogen-bond acceptors (Lipinski definition) is 4. The molecule has 144 valence electrons. The first-order valence-electron chi connectivity index (χ1n) is 8.21. The first kappa shape index (κ1) is 20.1. The number of primary amides is 1. The zero-order chi connectivity index (χ0) is 19.3. The largest absolute Gasteiger partial charge is 0.353 e. The highest BCUT2D eigenvalue weighted by Crippen LogP contribution is 2.21. The van der Waals surface area contributed by atoms with Gasteiger partial charge in [-0.1, -0.05) is 18.2 Å². The molecule has 0 radical (unpaired) electrons. The standard InChI is InChI=1S/C16H23FN4O4S/c1-26(24,25)21-8-6-11(7-9-21)19-15(22)10-14(20-16(18)23)12-4-2-3-5-13(12)17/h2-5,11,14H,6-10H2,1H3,(H,19,22)(H3,18,20,23)/t14-/m0/s1. The van der Waals surface area contributed by atoms with Crippen molar-refractivity contribution >= 4 is 22.0 Å². The molecule has 0 aliphatic carbocycles. The monoisotopic (exact) mass is 386 g/mol. The minimum absolute atomic E-state index is 0.170. The second-order valence-corrected chi connectivity index (χ2v) is 8.27. The number of sulfonamides is 1. The van der Waals surface area contributed by atoms with Gasteiger partial charge in [0.2, 0.25) is 15.9 Å². The van der Waals surface area contributed by atoms with Crippen molar-refractivity contribution in [3.8, 4) is 0 Å². The maximum atomic E-state index is 14.0. The lowest BCUT2D eigenvalue weighted by atomic mass is 10.0. The third-order valence-corrected chi connectivity index (χ3v) is 5.58. The number of hydrogen-bond donors (Lipinski definition) is 3. The van der Waals surface area contributed by atoms with E-state index in [0.717, 1.165) is 6.26 Å². The van der Waals surface area contributed by atoms with E-state index in [0.29, 0.717) is 25.9 Å². The molecule has 4 N–H and O–H groups in total. The van der Waals surface area contributed by atoms with Crippen LogP contribution in [0, 0.1) is 5.82 Å². The predicted molar refractivity (Wildman–Crippen MR) is 94.1 cm³/mol. The Labute approximate surface area is 152 Å². The Kier molecular flexibility index (Phi) is 6.54. The van der Waals surface area contributed by atoms with E-state index in [1.807, 2.05) is 0 Å². The van der Waals surface area contributed by atoms with Gasteiger partial charge in [0.05, 0.1) is 18.7 Å². The molecule has 8 nitrogen and oxygen atoms in total. The summed E-state index contributed by atoms with van der Waals surface area (Å²) < 4.78 is 38.3. The SMILES string of the molecule is CS(=O)(=O)N1CCC(NC(=O)C[C@H](NC(N)=O)c2ccccc2F)CC1. The lowest BCUT2D eigenvalue weighted by molar-refractivity contribution is -0.122. The van der Waals surface area contributed by atoms with Crippen molar-refractivity contribution in [2.75, 3.05) is 19.3 Å². The molecule has 0 bridgehead atoms. The lowest BCUT2D eigenvalue weighted by Crippen LogP contribution is -2.47. The van der Waals surface area contributed by atoms with Crippen molar-refractivity contribution < 1.29 is 22.4 Å². The summed E-state index contributed by atoms with van der Waals surface area (Å²) in [5.74, 6) is -0.912. The number of urea groups is 1. The van der Waals surface area contributed by atoms with Crippen LogP contribution in [0.5, 0.6) is 0 Å². The summed E-state index contributed by atoms with van der Waals surface area (Å²) in [6.07, 6.45) is 1.97. The number of piperidine rings is 1. The van der Waals surface area contributed by atoms with Crippen LogP contribution in [0.4, 0.5) is 9.18 Å². The van der Waals surface area contributed by atoms with Crippen molar-refractivity contribution in [2.24, 2.45) is 5.73 Å². The minimum Gasteiger partial charge on any atom is -0.353 e. The Hall–Kier alpha value is -2.20. The number of nitrogens with zero attached hydrogens (tertiary/aromatic N) is 1. The summed E-state index contributed by atoms with van der Waals surface area (Å²) >= 11 is 0. The number of carbonyl (C=O) groups excluding carboxylic acids is 2. The zero-order valence-electron chi connectivity index (χ0n) is 14.4. The van der Waals surface area contributed by atoms with Crippen molar-refractivity contribution in [1.82, 2.24) is 14.9 Å². The maximum absolute atomic E-state index is 14.0. The molecule has 1 saturated heterocycles. The molecule has 0 saturated carbocycles. The molecule has 26 heavy (non-hydrogen) atoms. The summed E-state index contributed by atoms with van der Waals surface area (Å²) in [7, 11) is -3.23. The molecule has 3 amide bonds. The average molecular weight is 386 g/mol. The fraction of sp³-hybridized carbons (Fsp3) is 0.500. The van der Waals surface area contributed by atoms with E-state index < -0.39 is 27.9 Å². The predicted octanol–water partition coefficient (Wildman–Crippen LogP) is 0.465. The maximum Gasteiger partial charge on any atom is 0.312 e. The number of nitrogens with one attached hydrogen (secondary N) is 2. The molecule has 1 aliphatic rings. The van der Waals surface area contributed by atoms with Crippen LogP contribution in [-0.4, -0.2) is 50.0 Å². The van der Waals surface area contributed by atoms with E-state index in [1.165, 1.54) is 22.5 Å². The summed E-state index contributed by atoms with van der Waals surface area (Å²) in [6, 6.07) is 3.92. The normalized spacial score (nSPS) is 17.5. The fourth-order valence-corrected chi connectivity index (χ4v) is 3.85. The van der Waals surface area contributed by atoms with Crippen molar-refractivity contribution in [3.63, 3.8) is 0 Å². The van der Waals surface area contributed by atoms with Crippen LogP contribution in [0.25, 0.3) is 0 Å². The van der Waals surface area contributed by atoms with Gasteiger partial charge in [-0.15, -0.1) is 0 Å². The van der Waals surface area contributed by atoms with Crippen molar-refractivity contribution in [2.45, 2.75) is 31.3 Å². The van der Waals surface area contributed by atoms with Gasteiger partial charge < -0.3 is 16.4 Å². The third-order valence-electron chi connectivity index (χ3n) is 4.27. The molecular formula is C16H23FN4O4S. The van der Waals surface area contributed by atoms with E-state index in [4.69, 9.17) is 5.73 Å². The number of nitrogens with two attached hydrogens (primary N) is 1. The van der Waals surface area contributed by atoms with Crippen LogP contribution in [0.15, 0.2) is 24.3 Å². The van der Waals surface area contributed by atoms with Crippen LogP contribution in [0.2, 0.25) is 0 Å². The van der Waals surface area contributed by atoms with Gasteiger partial charge >= 0.3 is 6.03 Å². The molecule has 1 aromatic rings. The van der Waals surface area contributed by atoms with Crippen LogP contribution in [-0.2, 0) is 14.8 Å². The zero-order valence-corrected chi connectivity index (χ0v) is 15.3. The smallest absolute Gasteiger partial charge is 0.312 e. The van der Waals surface area contributed by atoms with E-state index in [2.05, 4.69) is 10.6 Å². The third kappa shape index (κ3) is 5.67. The number of rotatable bonds is 6. The van der Waals surface area contributed by atoms with Gasteiger partial charge in [0.1, 0.15) is 5.82 Å². The lowest BCUT2D eigenvalue weighted by Gasteiger charge is -2.31. The van der Waals surface area contributed by atoms with E-state index >= 15 is 0 Å². The highest BCUT2D eigenvalue weighted by molar-refractivity contribution is 7.88. The summed E-state index contributed by atoms with van der Waals surface area (Å²) in [5, 5.41) is 5.19. The summed E-state index contributed by atoms with van der Waals surface area (Å²) in [4.78, 5) is 23.5. The highest BCUT2D eigenvalue weighted by Gasteiger charge is 2.27. The van der Waals surface area contributed by atoms with Gasteiger partial charge in [0.25, 0.3) is 0 Å². The molecule has 0 unspecified atom stereocenters. The molecule has 1 fully saturated rings. The fourth-order valence-electron chi connectivity index (χ4n) is 2.97. The van der Waals surface area contributed by atoms with Crippen LogP contribution in [0.3, 0.4) is 0 Å². The van der Waals surface area contributed by atoms with Crippen LogP contribution in [0.1, 0.15) is 30.9 Å². The topological polar surface area (TPSA) is 122 Å². The van der Waals surface area contributed by atoms with E-state index in [9.17, 15) is 22.4 Å². The molecule has 1 aliphatic heterocycles. The first-order valence-corrected chi connectivity index (χ1v) is 10.1. The highest BCUT2D eigenvalue weighted by atomic mass is 32.2. The number of amides is 3. The Balaban J connectivity index is 1.96. The minimum atomic E-state index is -3.23. The second-order valence-electron chi connectivity index (χ2n) is 6.29. The number of benzene rings is 1. The van der Waals surface area contributed by atoms with Gasteiger partial charge in [-0.3, -0.25) is 4.79 Å². The quantitative estimate of drug-likeness (QED) is 0.658. The molecular weight excluding hydrogens is 363 g/mol. The van der Waals surface area contributed by atoms with Crippen molar-refractivity contribution in [3.05, 3.63) is 35.6 Å². The van der Waals surface area contributed by atoms with Crippen LogP contribution < -0.4 is 16.4 Å². The molecule has 0 aromatic heterocycles. The van der Waals surface area contributed by atoms with Gasteiger partial charge in [0.15, 0.2) is 0 Å². The molecule has 1 atom stereocenters. The molecule has 1 heterocycles. The first-order chi connectivity index (χ1) is 12.2. The molecule has 1 aromatic carbocycles. The average Bonchev–Trinajstić information content (AvgIpc) is 2.54. The Morgan fingerprint density at radius 3 is 2.46 bits per heavy atom. The molecule has 10 heteroatoms. The van der Waals surface area contributed by atoms with Gasteiger partial charge in [0, 0.05) is 24.7 Å².